The summed E-state index contributed by atoms with van der Waals surface area (Å²) in [4.78, 5) is 42.7. The van der Waals surface area contributed by atoms with Crippen molar-refractivity contribution < 1.29 is 36.3 Å². The lowest BCUT2D eigenvalue weighted by Crippen LogP contribution is -2.50. The van der Waals surface area contributed by atoms with Crippen LogP contribution in [0.3, 0.4) is 0 Å². The summed E-state index contributed by atoms with van der Waals surface area (Å²) in [6.07, 6.45) is -2.97. The van der Waals surface area contributed by atoms with Gasteiger partial charge in [-0.1, -0.05) is 0 Å². The number of nitrogens with zero attached hydrogens (tertiary/aromatic N) is 3. The first-order valence-electron chi connectivity index (χ1n) is 13.1. The Balaban J connectivity index is 1.48. The van der Waals surface area contributed by atoms with E-state index < -0.39 is 73.0 Å². The average molecular weight is 571 g/mol. The van der Waals surface area contributed by atoms with Crippen LogP contribution in [-0.2, 0) is 16.0 Å². The minimum absolute atomic E-state index is 0.000861. The van der Waals surface area contributed by atoms with Crippen LogP contribution in [0.1, 0.15) is 68.0 Å². The molecule has 3 heterocycles. The highest BCUT2D eigenvalue weighted by Crippen LogP contribution is 2.38. The fourth-order valence-electron chi connectivity index (χ4n) is 5.20. The van der Waals surface area contributed by atoms with Crippen molar-refractivity contribution in [2.75, 3.05) is 5.32 Å². The largest absolute Gasteiger partial charge is 0.408 e. The molecule has 1 aliphatic carbocycles. The molecule has 0 bridgehead atoms. The summed E-state index contributed by atoms with van der Waals surface area (Å²) in [7, 11) is 0. The van der Waals surface area contributed by atoms with Gasteiger partial charge in [-0.3, -0.25) is 19.1 Å². The molecule has 40 heavy (non-hydrogen) atoms. The van der Waals surface area contributed by atoms with Gasteiger partial charge in [-0.05, 0) is 69.2 Å². The lowest BCUT2D eigenvalue weighted by molar-refractivity contribution is -0.154. The van der Waals surface area contributed by atoms with Gasteiger partial charge in [0.25, 0.3) is 5.91 Å². The summed E-state index contributed by atoms with van der Waals surface area (Å²) in [6, 6.07) is 1.25. The molecular formula is C26H31F5N6O3. The number of carbonyl (C=O) groups is 3. The zero-order chi connectivity index (χ0) is 29.2. The van der Waals surface area contributed by atoms with Crippen molar-refractivity contribution in [2.24, 2.45) is 11.8 Å². The van der Waals surface area contributed by atoms with E-state index >= 15 is 0 Å². The maximum absolute atomic E-state index is 13.8. The van der Waals surface area contributed by atoms with Crippen molar-refractivity contribution in [2.45, 2.75) is 82.6 Å². The van der Waals surface area contributed by atoms with Gasteiger partial charge in [0, 0.05) is 37.2 Å². The lowest BCUT2D eigenvalue weighted by atomic mass is 9.81. The molecular weight excluding hydrogens is 539 g/mol. The molecule has 1 saturated carbocycles. The monoisotopic (exact) mass is 570 g/mol. The molecule has 3 amide bonds. The Morgan fingerprint density at radius 3 is 2.50 bits per heavy atom. The summed E-state index contributed by atoms with van der Waals surface area (Å²) in [6.45, 7) is 3.66. The van der Waals surface area contributed by atoms with E-state index in [0.29, 0.717) is 5.56 Å². The third-order valence-electron chi connectivity index (χ3n) is 7.35. The number of amides is 3. The SMILES string of the molecule is CC(C)n1nccc1C(=O)N[C@H](C(=O)Nc1cc(C[C@H]2C[C@@H](C(F)(F)F)NC2=O)ccn1)C1CCC(F)(F)CC1. The quantitative estimate of drug-likeness (QED) is 0.415. The second kappa shape index (κ2) is 11.5. The molecule has 0 spiro atoms. The first-order chi connectivity index (χ1) is 18.7. The third kappa shape index (κ3) is 6.94. The van der Waals surface area contributed by atoms with Crippen LogP contribution in [0, 0.1) is 11.8 Å². The zero-order valence-electron chi connectivity index (χ0n) is 22.0. The van der Waals surface area contributed by atoms with Crippen molar-refractivity contribution in [3.63, 3.8) is 0 Å². The highest BCUT2D eigenvalue weighted by molar-refractivity contribution is 6.00. The van der Waals surface area contributed by atoms with E-state index in [1.807, 2.05) is 19.2 Å². The normalized spacial score (nSPS) is 22.1. The molecule has 4 rings (SSSR count). The van der Waals surface area contributed by atoms with E-state index in [1.165, 1.54) is 35.3 Å². The van der Waals surface area contributed by atoms with Crippen molar-refractivity contribution in [3.05, 3.63) is 41.9 Å². The van der Waals surface area contributed by atoms with Crippen LogP contribution in [0.25, 0.3) is 0 Å². The fraction of sp³-hybridized carbons (Fsp3) is 0.577. The highest BCUT2D eigenvalue weighted by atomic mass is 19.4. The summed E-state index contributed by atoms with van der Waals surface area (Å²) in [5.41, 5.74) is 0.688. The van der Waals surface area contributed by atoms with Crippen LogP contribution < -0.4 is 16.0 Å². The van der Waals surface area contributed by atoms with E-state index in [9.17, 15) is 36.3 Å². The Bertz CT molecular complexity index is 1240. The zero-order valence-corrected chi connectivity index (χ0v) is 22.0. The lowest BCUT2D eigenvalue weighted by Gasteiger charge is -2.33. The number of nitrogens with one attached hydrogen (secondary N) is 3. The maximum atomic E-state index is 13.8. The van der Waals surface area contributed by atoms with Gasteiger partial charge in [0.15, 0.2) is 0 Å². The second-order valence-corrected chi connectivity index (χ2v) is 10.7. The van der Waals surface area contributed by atoms with E-state index in [0.717, 1.165) is 0 Å². The number of aromatic nitrogens is 3. The second-order valence-electron chi connectivity index (χ2n) is 10.7. The first kappa shape index (κ1) is 29.4. The summed E-state index contributed by atoms with van der Waals surface area (Å²) < 4.78 is 68.2. The standard InChI is InChI=1S/C26H31F5N6O3/c1-14(2)37-18(6-10-33-37)23(39)36-21(16-3-7-25(27,28)8-4-16)24(40)35-20-12-15(5-9-32-20)11-17-13-19(26(29,30)31)34-22(17)38/h5-6,9-10,12,14,16-17,19,21H,3-4,7-8,11,13H2,1-2H3,(H,34,38)(H,36,39)(H,32,35,40)/t17-,19-,21-/m0/s1. The van der Waals surface area contributed by atoms with E-state index in [4.69, 9.17) is 0 Å². The van der Waals surface area contributed by atoms with Crippen LogP contribution in [0.5, 0.6) is 0 Å². The number of hydrogen-bond donors (Lipinski definition) is 3. The smallest absolute Gasteiger partial charge is 0.344 e. The van der Waals surface area contributed by atoms with E-state index in [2.05, 4.69) is 20.7 Å². The maximum Gasteiger partial charge on any atom is 0.408 e. The Morgan fingerprint density at radius 2 is 1.88 bits per heavy atom. The van der Waals surface area contributed by atoms with E-state index in [1.54, 1.807) is 0 Å². The van der Waals surface area contributed by atoms with Crippen molar-refractivity contribution in [1.29, 1.82) is 0 Å². The van der Waals surface area contributed by atoms with Gasteiger partial charge in [0.2, 0.25) is 17.7 Å². The van der Waals surface area contributed by atoms with Gasteiger partial charge < -0.3 is 16.0 Å². The molecule has 0 radical (unpaired) electrons. The minimum Gasteiger partial charge on any atom is -0.344 e. The number of carbonyl (C=O) groups excluding carboxylic acids is 3. The Hall–Kier alpha value is -3.58. The van der Waals surface area contributed by atoms with E-state index in [-0.39, 0.29) is 36.8 Å². The molecule has 2 aliphatic rings. The van der Waals surface area contributed by atoms with Gasteiger partial charge in [-0.15, -0.1) is 0 Å². The van der Waals surface area contributed by atoms with Crippen LogP contribution in [-0.4, -0.2) is 56.7 Å². The van der Waals surface area contributed by atoms with Crippen LogP contribution in [0.15, 0.2) is 30.6 Å². The van der Waals surface area contributed by atoms with Gasteiger partial charge >= 0.3 is 6.18 Å². The molecule has 218 valence electrons. The molecule has 0 unspecified atom stereocenters. The predicted molar refractivity (Wildman–Crippen MR) is 133 cm³/mol. The molecule has 9 nitrogen and oxygen atoms in total. The molecule has 0 aromatic carbocycles. The Labute approximate surface area is 227 Å². The van der Waals surface area contributed by atoms with Gasteiger partial charge in [-0.25, -0.2) is 13.8 Å². The molecule has 14 heteroatoms. The first-order valence-corrected chi connectivity index (χ1v) is 13.1. The van der Waals surface area contributed by atoms with Crippen LogP contribution >= 0.6 is 0 Å². The fourth-order valence-corrected chi connectivity index (χ4v) is 5.20. The number of alkyl halides is 5. The summed E-state index contributed by atoms with van der Waals surface area (Å²) in [5, 5.41) is 11.4. The minimum atomic E-state index is -4.54. The predicted octanol–water partition coefficient (Wildman–Crippen LogP) is 4.03. The van der Waals surface area contributed by atoms with Crippen molar-refractivity contribution >= 4 is 23.5 Å². The number of hydrogen-bond acceptors (Lipinski definition) is 5. The number of halogens is 5. The van der Waals surface area contributed by atoms with Gasteiger partial charge in [0.1, 0.15) is 23.6 Å². The molecule has 2 fully saturated rings. The summed E-state index contributed by atoms with van der Waals surface area (Å²) in [5.74, 6) is -6.21. The highest BCUT2D eigenvalue weighted by Gasteiger charge is 2.47. The Kier molecular flexibility index (Phi) is 8.45. The van der Waals surface area contributed by atoms with Crippen LogP contribution in [0.4, 0.5) is 27.8 Å². The van der Waals surface area contributed by atoms with Gasteiger partial charge in [-0.2, -0.15) is 18.3 Å². The average Bonchev–Trinajstić information content (AvgIpc) is 3.50. The number of pyridine rings is 1. The summed E-state index contributed by atoms with van der Waals surface area (Å²) >= 11 is 0. The molecule has 2 aromatic rings. The molecule has 3 atom stereocenters. The topological polar surface area (TPSA) is 118 Å². The number of rotatable bonds is 8. The molecule has 1 aliphatic heterocycles. The molecule has 3 N–H and O–H groups in total. The van der Waals surface area contributed by atoms with Crippen LogP contribution in [0.2, 0.25) is 0 Å². The number of anilines is 1. The molecule has 1 saturated heterocycles. The molecule has 2 aromatic heterocycles. The Morgan fingerprint density at radius 1 is 1.18 bits per heavy atom. The van der Waals surface area contributed by atoms with Crippen molar-refractivity contribution in [3.8, 4) is 0 Å². The van der Waals surface area contributed by atoms with Gasteiger partial charge in [0.05, 0.1) is 0 Å². The van der Waals surface area contributed by atoms with Crippen molar-refractivity contribution in [1.82, 2.24) is 25.4 Å². The third-order valence-corrected chi connectivity index (χ3v) is 7.35.